The summed E-state index contributed by atoms with van der Waals surface area (Å²) < 4.78 is 4.89. The lowest BCUT2D eigenvalue weighted by Crippen LogP contribution is -2.12. The van der Waals surface area contributed by atoms with E-state index >= 15 is 0 Å². The van der Waals surface area contributed by atoms with Crippen LogP contribution in [0.15, 0.2) is 18.2 Å². The van der Waals surface area contributed by atoms with Crippen molar-refractivity contribution in [3.63, 3.8) is 0 Å². The van der Waals surface area contributed by atoms with Crippen molar-refractivity contribution in [2.24, 2.45) is 0 Å². The molecule has 0 amide bonds. The summed E-state index contributed by atoms with van der Waals surface area (Å²) in [6, 6.07) is 4.54. The maximum Gasteiger partial charge on any atom is 0.391 e. The standard InChI is InChI=1S/C10H15O4P/c1-10(2,3)8-6-7(11)4-5-9(8)14-15(12)13/h4-6,11-13H,1-3H3. The van der Waals surface area contributed by atoms with Gasteiger partial charge in [0.25, 0.3) is 0 Å². The Morgan fingerprint density at radius 2 is 1.80 bits per heavy atom. The third-order valence-electron chi connectivity index (χ3n) is 1.95. The van der Waals surface area contributed by atoms with Gasteiger partial charge in [0.2, 0.25) is 0 Å². The molecule has 0 aliphatic rings. The zero-order valence-electron chi connectivity index (χ0n) is 8.93. The largest absolute Gasteiger partial charge is 0.508 e. The Bertz CT molecular complexity index is 344. The van der Waals surface area contributed by atoms with Crippen LogP contribution in [0.25, 0.3) is 0 Å². The van der Waals surface area contributed by atoms with Gasteiger partial charge in [-0.3, -0.25) is 0 Å². The number of phenolic OH excluding ortho intramolecular Hbond substituents is 1. The average Bonchev–Trinajstić information content (AvgIpc) is 2.05. The zero-order chi connectivity index (χ0) is 11.6. The first-order valence-electron chi connectivity index (χ1n) is 4.50. The topological polar surface area (TPSA) is 69.9 Å². The van der Waals surface area contributed by atoms with Gasteiger partial charge in [-0.2, -0.15) is 0 Å². The van der Waals surface area contributed by atoms with Crippen molar-refractivity contribution in [3.8, 4) is 11.5 Å². The third-order valence-corrected chi connectivity index (χ3v) is 2.31. The van der Waals surface area contributed by atoms with E-state index < -0.39 is 8.60 Å². The quantitative estimate of drug-likeness (QED) is 0.682. The van der Waals surface area contributed by atoms with Crippen LogP contribution in [0.3, 0.4) is 0 Å². The number of hydrogen-bond donors (Lipinski definition) is 3. The van der Waals surface area contributed by atoms with E-state index in [2.05, 4.69) is 0 Å². The van der Waals surface area contributed by atoms with E-state index in [0.717, 1.165) is 5.56 Å². The van der Waals surface area contributed by atoms with E-state index in [9.17, 15) is 5.11 Å². The van der Waals surface area contributed by atoms with Gasteiger partial charge in [0.1, 0.15) is 11.5 Å². The molecule has 0 aliphatic carbocycles. The maximum absolute atomic E-state index is 9.36. The normalized spacial score (nSPS) is 11.9. The summed E-state index contributed by atoms with van der Waals surface area (Å²) in [7, 11) is -2.43. The Balaban J connectivity index is 3.15. The zero-order valence-corrected chi connectivity index (χ0v) is 9.82. The Morgan fingerprint density at radius 3 is 2.27 bits per heavy atom. The van der Waals surface area contributed by atoms with Crippen molar-refractivity contribution in [2.45, 2.75) is 26.2 Å². The predicted octanol–water partition coefficient (Wildman–Crippen LogP) is 2.28. The third kappa shape index (κ3) is 3.34. The van der Waals surface area contributed by atoms with Crippen molar-refractivity contribution in [2.75, 3.05) is 0 Å². The van der Waals surface area contributed by atoms with Crippen LogP contribution in [-0.4, -0.2) is 14.9 Å². The molecule has 0 unspecified atom stereocenters. The molecule has 0 saturated heterocycles. The lowest BCUT2D eigenvalue weighted by atomic mass is 9.86. The highest BCUT2D eigenvalue weighted by Gasteiger charge is 2.21. The van der Waals surface area contributed by atoms with E-state index in [1.165, 1.54) is 12.1 Å². The smallest absolute Gasteiger partial charge is 0.391 e. The van der Waals surface area contributed by atoms with Gasteiger partial charge in [-0.05, 0) is 23.6 Å². The average molecular weight is 230 g/mol. The molecule has 0 aliphatic heterocycles. The number of benzene rings is 1. The Morgan fingerprint density at radius 1 is 1.20 bits per heavy atom. The number of rotatable bonds is 2. The van der Waals surface area contributed by atoms with Crippen LogP contribution < -0.4 is 4.52 Å². The molecule has 0 saturated carbocycles. The Hall–Kier alpha value is -0.830. The SMILES string of the molecule is CC(C)(C)c1cc(O)ccc1OP(O)O. The van der Waals surface area contributed by atoms with Gasteiger partial charge in [-0.1, -0.05) is 20.8 Å². The van der Waals surface area contributed by atoms with Crippen molar-refractivity contribution >= 4 is 8.60 Å². The summed E-state index contributed by atoms with van der Waals surface area (Å²) in [5, 5.41) is 9.36. The predicted molar refractivity (Wildman–Crippen MR) is 58.8 cm³/mol. The van der Waals surface area contributed by atoms with E-state index in [0.29, 0.717) is 5.75 Å². The lowest BCUT2D eigenvalue weighted by molar-refractivity contribution is 0.368. The first-order chi connectivity index (χ1) is 6.80. The van der Waals surface area contributed by atoms with Crippen molar-refractivity contribution in [1.82, 2.24) is 0 Å². The number of phenols is 1. The molecule has 0 spiro atoms. The van der Waals surface area contributed by atoms with Crippen LogP contribution in [0.1, 0.15) is 26.3 Å². The van der Waals surface area contributed by atoms with Gasteiger partial charge in [-0.15, -0.1) is 0 Å². The van der Waals surface area contributed by atoms with E-state index in [4.69, 9.17) is 14.3 Å². The van der Waals surface area contributed by atoms with E-state index in [-0.39, 0.29) is 11.2 Å². The van der Waals surface area contributed by atoms with Gasteiger partial charge in [-0.25, -0.2) is 0 Å². The molecular weight excluding hydrogens is 215 g/mol. The summed E-state index contributed by atoms with van der Waals surface area (Å²) in [4.78, 5) is 17.6. The first-order valence-corrected chi connectivity index (χ1v) is 5.66. The summed E-state index contributed by atoms with van der Waals surface area (Å²) in [5.74, 6) is 0.517. The van der Waals surface area contributed by atoms with Crippen LogP contribution in [0.4, 0.5) is 0 Å². The maximum atomic E-state index is 9.36. The molecule has 1 aromatic rings. The van der Waals surface area contributed by atoms with Crippen molar-refractivity contribution < 1.29 is 19.4 Å². The second-order valence-corrected chi connectivity index (χ2v) is 4.96. The highest BCUT2D eigenvalue weighted by Crippen LogP contribution is 2.39. The van der Waals surface area contributed by atoms with E-state index in [1.807, 2.05) is 20.8 Å². The minimum atomic E-state index is -2.43. The van der Waals surface area contributed by atoms with Crippen LogP contribution in [0.2, 0.25) is 0 Å². The highest BCUT2D eigenvalue weighted by molar-refractivity contribution is 7.39. The minimum absolute atomic E-state index is 0.132. The summed E-state index contributed by atoms with van der Waals surface area (Å²) in [6.45, 7) is 5.85. The van der Waals surface area contributed by atoms with Crippen LogP contribution in [0, 0.1) is 0 Å². The van der Waals surface area contributed by atoms with Crippen LogP contribution in [-0.2, 0) is 5.41 Å². The summed E-state index contributed by atoms with van der Waals surface area (Å²) >= 11 is 0. The molecule has 4 nitrogen and oxygen atoms in total. The number of aromatic hydroxyl groups is 1. The summed E-state index contributed by atoms with van der Waals surface area (Å²) in [6.07, 6.45) is 0. The highest BCUT2D eigenvalue weighted by atomic mass is 31.2. The number of hydrogen-bond acceptors (Lipinski definition) is 4. The first kappa shape index (κ1) is 12.2. The van der Waals surface area contributed by atoms with Crippen LogP contribution >= 0.6 is 8.60 Å². The second kappa shape index (κ2) is 4.35. The van der Waals surface area contributed by atoms with Crippen molar-refractivity contribution in [1.29, 1.82) is 0 Å². The van der Waals surface area contributed by atoms with Gasteiger partial charge in [0.05, 0.1) is 0 Å². The lowest BCUT2D eigenvalue weighted by Gasteiger charge is -2.22. The molecule has 1 aromatic carbocycles. The molecule has 84 valence electrons. The fraction of sp³-hybridized carbons (Fsp3) is 0.400. The molecule has 15 heavy (non-hydrogen) atoms. The molecule has 0 atom stereocenters. The second-order valence-electron chi connectivity index (χ2n) is 4.27. The van der Waals surface area contributed by atoms with Gasteiger partial charge in [0.15, 0.2) is 0 Å². The van der Waals surface area contributed by atoms with Crippen molar-refractivity contribution in [3.05, 3.63) is 23.8 Å². The van der Waals surface area contributed by atoms with Crippen LogP contribution in [0.5, 0.6) is 11.5 Å². The van der Waals surface area contributed by atoms with Gasteiger partial charge < -0.3 is 19.4 Å². The summed E-state index contributed by atoms with van der Waals surface area (Å²) in [5.41, 5.74) is 0.498. The molecule has 0 bridgehead atoms. The molecule has 5 heteroatoms. The van der Waals surface area contributed by atoms with E-state index in [1.54, 1.807) is 6.07 Å². The monoisotopic (exact) mass is 230 g/mol. The van der Waals surface area contributed by atoms with Gasteiger partial charge in [0, 0.05) is 5.56 Å². The molecule has 0 heterocycles. The molecule has 1 rings (SSSR count). The molecule has 0 fully saturated rings. The minimum Gasteiger partial charge on any atom is -0.508 e. The Kier molecular flexibility index (Phi) is 3.55. The Labute approximate surface area is 90.1 Å². The molecule has 0 aromatic heterocycles. The van der Waals surface area contributed by atoms with Gasteiger partial charge >= 0.3 is 8.60 Å². The fourth-order valence-electron chi connectivity index (χ4n) is 1.27. The molecule has 0 radical (unpaired) electrons. The molecule has 3 N–H and O–H groups in total. The fourth-order valence-corrected chi connectivity index (χ4v) is 1.61. The molecular formula is C10H15O4P.